The lowest BCUT2D eigenvalue weighted by Crippen LogP contribution is -2.54. The molecule has 0 bridgehead atoms. The summed E-state index contributed by atoms with van der Waals surface area (Å²) < 4.78 is 20.7. The molecule has 0 N–H and O–H groups in total. The van der Waals surface area contributed by atoms with Gasteiger partial charge in [0.05, 0.1) is 0 Å². The van der Waals surface area contributed by atoms with Crippen LogP contribution in [0.3, 0.4) is 0 Å². The van der Waals surface area contributed by atoms with Crippen LogP contribution in [0.25, 0.3) is 0 Å². The number of hydrogen-bond acceptors (Lipinski definition) is 8. The summed E-state index contributed by atoms with van der Waals surface area (Å²) in [6, 6.07) is 0. The molecule has 0 aromatic rings. The quantitative estimate of drug-likeness (QED) is 0.535. The predicted octanol–water partition coefficient (Wildman–Crippen LogP) is 0.839. The van der Waals surface area contributed by atoms with Gasteiger partial charge in [0.1, 0.15) is 0 Å². The second kappa shape index (κ2) is 8.28. The summed E-state index contributed by atoms with van der Waals surface area (Å²) in [5.74, 6) is -2.60. The topological polar surface area (TPSA) is 105 Å². The molecule has 0 heterocycles. The van der Waals surface area contributed by atoms with Crippen molar-refractivity contribution in [1.82, 2.24) is 0 Å². The Morgan fingerprint density at radius 1 is 0.833 bits per heavy atom. The third-order valence-corrected chi connectivity index (χ3v) is 3.07. The molecule has 0 amide bonds. The van der Waals surface area contributed by atoms with Gasteiger partial charge in [-0.2, -0.15) is 0 Å². The normalized spacial score (nSPS) is 25.8. The Kier molecular flexibility index (Phi) is 6.69. The first-order chi connectivity index (χ1) is 11.1. The Balaban J connectivity index is 3.36. The van der Waals surface area contributed by atoms with Gasteiger partial charge in [0.25, 0.3) is 0 Å². The van der Waals surface area contributed by atoms with Crippen molar-refractivity contribution < 1.29 is 38.1 Å². The van der Waals surface area contributed by atoms with Gasteiger partial charge in [-0.25, -0.2) is 0 Å². The number of esters is 4. The van der Waals surface area contributed by atoms with Gasteiger partial charge >= 0.3 is 23.9 Å². The molecule has 1 aliphatic rings. The second-order valence-corrected chi connectivity index (χ2v) is 5.12. The van der Waals surface area contributed by atoms with E-state index in [0.29, 0.717) is 5.57 Å². The largest absolute Gasteiger partial charge is 0.454 e. The van der Waals surface area contributed by atoms with Crippen LogP contribution in [0.2, 0.25) is 0 Å². The first kappa shape index (κ1) is 19.4. The van der Waals surface area contributed by atoms with Gasteiger partial charge in [-0.1, -0.05) is 12.7 Å². The molecular weight excluding hydrogens is 320 g/mol. The lowest BCUT2D eigenvalue weighted by Gasteiger charge is -2.38. The minimum absolute atomic E-state index is 0.367. The number of carbonyl (C=O) groups excluding carboxylic acids is 4. The second-order valence-electron chi connectivity index (χ2n) is 5.12. The Bertz CT molecular complexity index is 577. The lowest BCUT2D eigenvalue weighted by molar-refractivity contribution is -0.194. The lowest BCUT2D eigenvalue weighted by atomic mass is 9.88. The van der Waals surface area contributed by atoms with E-state index in [1.807, 2.05) is 0 Å². The summed E-state index contributed by atoms with van der Waals surface area (Å²) in [4.78, 5) is 45.5. The van der Waals surface area contributed by atoms with E-state index in [9.17, 15) is 19.2 Å². The number of ether oxygens (including phenoxy) is 4. The molecule has 0 aliphatic heterocycles. The maximum atomic E-state index is 11.4. The molecule has 8 nitrogen and oxygen atoms in total. The van der Waals surface area contributed by atoms with Crippen molar-refractivity contribution in [2.24, 2.45) is 0 Å². The average molecular weight is 340 g/mol. The van der Waals surface area contributed by atoms with E-state index in [1.54, 1.807) is 0 Å². The minimum atomic E-state index is -1.18. The molecule has 0 spiro atoms. The summed E-state index contributed by atoms with van der Waals surface area (Å²) in [7, 11) is 0. The van der Waals surface area contributed by atoms with Crippen molar-refractivity contribution in [2.45, 2.75) is 52.1 Å². The van der Waals surface area contributed by atoms with Crippen LogP contribution in [-0.2, 0) is 38.1 Å². The Hall–Kier alpha value is -2.64. The van der Waals surface area contributed by atoms with E-state index >= 15 is 0 Å². The first-order valence-electron chi connectivity index (χ1n) is 7.18. The van der Waals surface area contributed by atoms with Crippen LogP contribution in [0.5, 0.6) is 0 Å². The average Bonchev–Trinajstić information content (AvgIpc) is 2.42. The minimum Gasteiger partial charge on any atom is -0.454 e. The summed E-state index contributed by atoms with van der Waals surface area (Å²) >= 11 is 0. The molecule has 132 valence electrons. The van der Waals surface area contributed by atoms with Gasteiger partial charge in [-0.3, -0.25) is 19.2 Å². The van der Waals surface area contributed by atoms with Crippen LogP contribution in [0.1, 0.15) is 27.7 Å². The molecule has 8 heteroatoms. The molecule has 0 fully saturated rings. The molecule has 0 aromatic heterocycles. The van der Waals surface area contributed by atoms with Crippen LogP contribution in [0, 0.1) is 0 Å². The summed E-state index contributed by atoms with van der Waals surface area (Å²) in [6.07, 6.45) is -1.59. The van der Waals surface area contributed by atoms with Crippen LogP contribution in [0.4, 0.5) is 0 Å². The molecule has 0 saturated heterocycles. The fourth-order valence-electron chi connectivity index (χ4n) is 2.37. The molecule has 0 radical (unpaired) electrons. The maximum absolute atomic E-state index is 11.4. The number of rotatable bonds is 5. The highest BCUT2D eigenvalue weighted by molar-refractivity contribution is 5.70. The van der Waals surface area contributed by atoms with Crippen molar-refractivity contribution in [1.29, 1.82) is 0 Å². The van der Waals surface area contributed by atoms with Gasteiger partial charge in [0.15, 0.2) is 24.4 Å². The maximum Gasteiger partial charge on any atom is 0.303 e. The molecular formula is C16H20O8. The fourth-order valence-corrected chi connectivity index (χ4v) is 2.37. The van der Waals surface area contributed by atoms with Crippen LogP contribution in [0.15, 0.2) is 24.3 Å². The van der Waals surface area contributed by atoms with Crippen molar-refractivity contribution in [3.63, 3.8) is 0 Å². The molecule has 0 saturated carbocycles. The highest BCUT2D eigenvalue weighted by Crippen LogP contribution is 2.30. The molecule has 24 heavy (non-hydrogen) atoms. The summed E-state index contributed by atoms with van der Waals surface area (Å²) in [5, 5.41) is 0. The van der Waals surface area contributed by atoms with Gasteiger partial charge < -0.3 is 18.9 Å². The van der Waals surface area contributed by atoms with E-state index in [2.05, 4.69) is 6.58 Å². The monoisotopic (exact) mass is 340 g/mol. The third kappa shape index (κ3) is 5.22. The van der Waals surface area contributed by atoms with Crippen molar-refractivity contribution in [2.75, 3.05) is 0 Å². The highest BCUT2D eigenvalue weighted by Gasteiger charge is 2.47. The number of carbonyl (C=O) groups is 4. The summed E-state index contributed by atoms with van der Waals surface area (Å²) in [5.41, 5.74) is 0.367. The highest BCUT2D eigenvalue weighted by atomic mass is 16.6. The zero-order valence-corrected chi connectivity index (χ0v) is 13.9. The smallest absolute Gasteiger partial charge is 0.303 e. The van der Waals surface area contributed by atoms with Crippen LogP contribution < -0.4 is 0 Å². The van der Waals surface area contributed by atoms with E-state index < -0.39 is 48.3 Å². The van der Waals surface area contributed by atoms with Gasteiger partial charge in [-0.15, -0.1) is 0 Å². The number of hydrogen-bond donors (Lipinski definition) is 0. The Morgan fingerprint density at radius 2 is 1.29 bits per heavy atom. The fraction of sp³-hybridized carbons (Fsp3) is 0.500. The molecule has 4 atom stereocenters. The molecule has 0 unspecified atom stereocenters. The summed E-state index contributed by atoms with van der Waals surface area (Å²) in [6.45, 7) is 8.29. The zero-order chi connectivity index (χ0) is 18.4. The predicted molar refractivity (Wildman–Crippen MR) is 80.5 cm³/mol. The SMILES string of the molecule is C=CC1=C[C@@H](OC(C)=O)[C@@H](OC(C)=O)[C@H](OC(C)=O)[C@@H]1OC(C)=O. The van der Waals surface area contributed by atoms with Crippen LogP contribution >= 0.6 is 0 Å². The van der Waals surface area contributed by atoms with E-state index in [0.717, 1.165) is 13.8 Å². The molecule has 1 aliphatic carbocycles. The van der Waals surface area contributed by atoms with Crippen molar-refractivity contribution in [3.8, 4) is 0 Å². The third-order valence-electron chi connectivity index (χ3n) is 3.07. The standard InChI is InChI=1S/C16H20O8/c1-6-12-7-13(21-8(2)17)15(23-10(4)19)16(24-11(5)20)14(12)22-9(3)18/h6-7,13-16H,1H2,2-5H3/t13-,14-,15-,16-/m1/s1. The van der Waals surface area contributed by atoms with Gasteiger partial charge in [0.2, 0.25) is 0 Å². The van der Waals surface area contributed by atoms with Crippen LogP contribution in [-0.4, -0.2) is 48.3 Å². The van der Waals surface area contributed by atoms with Crippen molar-refractivity contribution >= 4 is 23.9 Å². The van der Waals surface area contributed by atoms with E-state index in [1.165, 1.54) is 26.0 Å². The van der Waals surface area contributed by atoms with E-state index in [4.69, 9.17) is 18.9 Å². The first-order valence-corrected chi connectivity index (χ1v) is 7.18. The van der Waals surface area contributed by atoms with Gasteiger partial charge in [-0.05, 0) is 11.6 Å². The Morgan fingerprint density at radius 3 is 1.71 bits per heavy atom. The van der Waals surface area contributed by atoms with E-state index in [-0.39, 0.29) is 0 Å². The van der Waals surface area contributed by atoms with Crippen molar-refractivity contribution in [3.05, 3.63) is 24.3 Å². The molecule has 1 rings (SSSR count). The zero-order valence-electron chi connectivity index (χ0n) is 13.9. The Labute approximate surface area is 139 Å². The molecule has 0 aromatic carbocycles. The van der Waals surface area contributed by atoms with Gasteiger partial charge in [0, 0.05) is 27.7 Å².